The maximum absolute atomic E-state index is 10.0. The van der Waals surface area contributed by atoms with Gasteiger partial charge in [-0.3, -0.25) is 34.1 Å². The van der Waals surface area contributed by atoms with Gasteiger partial charge in [0.25, 0.3) is 0 Å². The molecule has 0 unspecified atom stereocenters. The number of ketones is 4. The molecule has 0 saturated carbocycles. The molecule has 123 heavy (non-hydrogen) atoms. The standard InChI is InChI=1S/C24H18N.C17H14N.2C15H10N.C13H8NS.4C5H8O2.5Ir/c1-24(2)20-9-5-4-8-18(20)19-13-11-17(15-21(19)24)23-14-12-16-7-3-6-10-22(16)25-23;1-12-9-13(2)11-15(10-12)17-8-7-14-5-3-4-6-16(14)18-17;1-2-7-13(8-3-1)15-14-9-5-4-6-12(14)10-11-16-15;1-2-6-12(7-3-1)15-11-10-13-8-4-5-9-14(13)16-15;1-2-7-12-10(5-1)9-13(15-12)11-6-3-4-8-14-11;4*1-4(6)3-5(2)7;;;;;/h3-10,12-15H,1-2H3;3-10H,1-2H3;1-7,9-11H;1-6,8-11H;1-8H;4*3,6H,1-2H3;;;;;/q5*-1;;;;;;;;;. The van der Waals surface area contributed by atoms with E-state index in [1.165, 1.54) is 145 Å². The summed E-state index contributed by atoms with van der Waals surface area (Å²) in [6, 6.07) is 111. The zero-order chi connectivity index (χ0) is 84.7. The van der Waals surface area contributed by atoms with Crippen LogP contribution in [0.15, 0.2) is 339 Å². The molecule has 16 aromatic rings. The molecule has 0 spiro atoms. The van der Waals surface area contributed by atoms with E-state index in [0.29, 0.717) is 0 Å². The monoisotopic (exact) mass is 2540 g/mol. The van der Waals surface area contributed by atoms with E-state index in [2.05, 4.69) is 206 Å². The number of thiophene rings is 1. The summed E-state index contributed by atoms with van der Waals surface area (Å²) >= 11 is 1.73. The Labute approximate surface area is 792 Å². The second-order valence-electron chi connectivity index (χ2n) is 28.1. The van der Waals surface area contributed by atoms with E-state index in [0.717, 1.165) is 77.7 Å². The number of aliphatic hydroxyl groups excluding tert-OH is 4. The summed E-state index contributed by atoms with van der Waals surface area (Å²) in [6.45, 7) is 20.2. The summed E-state index contributed by atoms with van der Waals surface area (Å²) in [7, 11) is 0. The van der Waals surface area contributed by atoms with Crippen LogP contribution in [0.5, 0.6) is 0 Å². The van der Waals surface area contributed by atoms with Crippen LogP contribution in [0, 0.1) is 44.2 Å². The van der Waals surface area contributed by atoms with E-state index in [1.807, 2.05) is 158 Å². The molecular weight excluding hydrogens is 2440 g/mol. The number of nitrogens with zero attached hydrogens (tertiary/aromatic N) is 5. The summed E-state index contributed by atoms with van der Waals surface area (Å²) in [4.78, 5) is 64.1. The van der Waals surface area contributed by atoms with E-state index in [1.54, 1.807) is 11.3 Å². The molecule has 13 nitrogen and oxygen atoms in total. The minimum Gasteiger partial charge on any atom is -0.512 e. The number of pyridine rings is 5. The number of hydrogen-bond acceptors (Lipinski definition) is 14. The Morgan fingerprint density at radius 2 is 0.805 bits per heavy atom. The van der Waals surface area contributed by atoms with Crippen LogP contribution in [-0.4, -0.2) is 68.5 Å². The molecule has 0 saturated heterocycles. The number of para-hydroxylation sites is 3. The molecule has 0 amide bonds. The maximum atomic E-state index is 10.0. The molecule has 0 fully saturated rings. The first-order valence-corrected chi connectivity index (χ1v) is 38.9. The van der Waals surface area contributed by atoms with Gasteiger partial charge in [-0.25, -0.2) is 11.3 Å². The molecule has 19 heteroatoms. The van der Waals surface area contributed by atoms with Crippen LogP contribution >= 0.6 is 11.3 Å². The number of allylic oxidation sites excluding steroid dienone is 8. The fourth-order valence-electron chi connectivity index (χ4n) is 12.6. The topological polar surface area (TPSA) is 214 Å². The van der Waals surface area contributed by atoms with Crippen LogP contribution in [0.4, 0.5) is 0 Å². The summed E-state index contributed by atoms with van der Waals surface area (Å²) < 4.78 is 1.26. The predicted octanol–water partition coefficient (Wildman–Crippen LogP) is 25.6. The molecule has 5 radical (unpaired) electrons. The summed E-state index contributed by atoms with van der Waals surface area (Å²) in [5.74, 6) is -0.250. The first kappa shape index (κ1) is 104. The third-order valence-electron chi connectivity index (χ3n) is 17.5. The van der Waals surface area contributed by atoms with Crippen LogP contribution in [0.2, 0.25) is 0 Å². The van der Waals surface area contributed by atoms with Crippen molar-refractivity contribution in [2.45, 2.75) is 88.5 Å². The van der Waals surface area contributed by atoms with E-state index >= 15 is 0 Å². The van der Waals surface area contributed by atoms with Gasteiger partial charge in [0.05, 0.1) is 39.6 Å². The van der Waals surface area contributed by atoms with Gasteiger partial charge in [-0.2, -0.15) is 0 Å². The number of rotatable bonds is 9. The van der Waals surface area contributed by atoms with Crippen LogP contribution in [0.3, 0.4) is 0 Å². The fourth-order valence-corrected chi connectivity index (χ4v) is 13.6. The number of aromatic nitrogens is 5. The smallest absolute Gasteiger partial charge is 0.155 e. The van der Waals surface area contributed by atoms with Gasteiger partial charge in [0.1, 0.15) is 0 Å². The van der Waals surface area contributed by atoms with Crippen molar-refractivity contribution < 1.29 is 140 Å². The van der Waals surface area contributed by atoms with E-state index in [4.69, 9.17) is 30.4 Å². The Hall–Kier alpha value is -11.0. The Bertz CT molecular complexity index is 6090. The number of carbonyl (C=O) groups is 4. The molecule has 1 aliphatic rings. The van der Waals surface area contributed by atoms with Gasteiger partial charge in [0, 0.05) is 143 Å². The van der Waals surface area contributed by atoms with Crippen molar-refractivity contribution in [3.05, 3.63) is 391 Å². The predicted molar refractivity (Wildman–Crippen MR) is 483 cm³/mol. The molecule has 10 aromatic carbocycles. The number of aliphatic hydroxyl groups is 4. The first-order chi connectivity index (χ1) is 56.7. The van der Waals surface area contributed by atoms with Crippen molar-refractivity contribution in [1.82, 2.24) is 24.9 Å². The Morgan fingerprint density at radius 3 is 1.27 bits per heavy atom. The average molecular weight is 2530 g/mol. The summed E-state index contributed by atoms with van der Waals surface area (Å²) in [5, 5.41) is 40.5. The molecule has 0 bridgehead atoms. The van der Waals surface area contributed by atoms with Crippen molar-refractivity contribution in [3.8, 4) is 66.7 Å². The molecule has 1 aliphatic carbocycles. The number of benzene rings is 10. The Balaban J connectivity index is 0.000000299. The maximum Gasteiger partial charge on any atom is 0.155 e. The Morgan fingerprint density at radius 1 is 0.366 bits per heavy atom. The zero-order valence-electron chi connectivity index (χ0n) is 69.8. The van der Waals surface area contributed by atoms with Crippen LogP contribution in [0.1, 0.15) is 91.5 Å². The van der Waals surface area contributed by atoms with Gasteiger partial charge < -0.3 is 30.4 Å². The van der Waals surface area contributed by atoms with E-state index in [-0.39, 0.29) is 152 Å². The molecule has 6 heterocycles. The molecule has 6 aromatic heterocycles. The average Bonchev–Trinajstić information content (AvgIpc) is 1.57. The minimum absolute atomic E-state index is 0. The molecule has 4 N–H and O–H groups in total. The van der Waals surface area contributed by atoms with Crippen molar-refractivity contribution in [2.24, 2.45) is 0 Å². The minimum atomic E-state index is -0.125. The third-order valence-corrected chi connectivity index (χ3v) is 18.6. The van der Waals surface area contributed by atoms with Crippen LogP contribution < -0.4 is 0 Å². The van der Waals surface area contributed by atoms with Gasteiger partial charge in [-0.15, -0.1) is 160 Å². The number of aryl methyl sites for hydroxylation is 2. The van der Waals surface area contributed by atoms with Crippen molar-refractivity contribution >= 4 is 88.0 Å². The second-order valence-corrected chi connectivity index (χ2v) is 29.1. The van der Waals surface area contributed by atoms with E-state index < -0.39 is 0 Å². The fraction of sp³-hybridized carbons (Fsp3) is 0.125. The first-order valence-electron chi connectivity index (χ1n) is 38.1. The summed E-state index contributed by atoms with van der Waals surface area (Å²) in [6.07, 6.45) is 8.33. The molecular formula is C104H92Ir5N5O8S-5. The number of fused-ring (bicyclic) bond motifs is 8. The Kier molecular flexibility index (Phi) is 44.5. The van der Waals surface area contributed by atoms with Crippen LogP contribution in [-0.2, 0) is 125 Å². The zero-order valence-corrected chi connectivity index (χ0v) is 82.5. The van der Waals surface area contributed by atoms with Gasteiger partial charge in [0.15, 0.2) is 23.1 Å². The molecule has 0 atom stereocenters. The normalized spacial score (nSPS) is 11.1. The van der Waals surface area contributed by atoms with Crippen molar-refractivity contribution in [3.63, 3.8) is 0 Å². The summed E-state index contributed by atoms with van der Waals surface area (Å²) in [5.41, 5.74) is 20.0. The largest absolute Gasteiger partial charge is 0.512 e. The van der Waals surface area contributed by atoms with E-state index in [9.17, 15) is 19.2 Å². The quantitative estimate of drug-likeness (QED) is 0.0602. The van der Waals surface area contributed by atoms with Gasteiger partial charge in [-0.1, -0.05) is 203 Å². The molecule has 17 rings (SSSR count). The number of carbonyl (C=O) groups excluding carboxylic acids is 4. The van der Waals surface area contributed by atoms with Crippen molar-refractivity contribution in [1.29, 1.82) is 0 Å². The third kappa shape index (κ3) is 32.7. The van der Waals surface area contributed by atoms with Crippen molar-refractivity contribution in [2.75, 3.05) is 0 Å². The van der Waals surface area contributed by atoms with Gasteiger partial charge in [-0.05, 0) is 156 Å². The second kappa shape index (κ2) is 52.5. The molecule has 0 aliphatic heterocycles. The van der Waals surface area contributed by atoms with Crippen LogP contribution in [0.25, 0.3) is 120 Å². The SMILES string of the molecule is CC(=O)C=C(C)O.CC(=O)C=C(C)O.CC(=O)C=C(C)O.CC(=O)C=C(C)O.CC1(C)c2ccccc2-c2c[c-]c(-c3ccc4ccccc4n3)cc21.Cc1[c-]c(-c2ccc3ccccc3n2)cc(C)c1.[Ir].[Ir].[Ir].[Ir].[Ir].[c-]1c(-c2ccccn2)sc2ccccc12.[c-]1ccccc1-c1ccc2ccccc2n1.[c-]1ccccc1-c1nccc2ccccc12. The van der Waals surface area contributed by atoms with Gasteiger partial charge in [0.2, 0.25) is 0 Å². The molecule has 637 valence electrons. The number of hydrogen-bond donors (Lipinski definition) is 4. The van der Waals surface area contributed by atoms with Gasteiger partial charge >= 0.3 is 0 Å².